The Morgan fingerprint density at radius 3 is 2.35 bits per heavy atom. The number of hydrogen-bond acceptors (Lipinski definition) is 4. The lowest BCUT2D eigenvalue weighted by atomic mass is 10.1. The fourth-order valence-electron chi connectivity index (χ4n) is 1.87. The van der Waals surface area contributed by atoms with Gasteiger partial charge in [0, 0.05) is 24.6 Å². The third-order valence-electron chi connectivity index (χ3n) is 3.25. The molecule has 1 saturated carbocycles. The van der Waals surface area contributed by atoms with Crippen molar-refractivity contribution < 1.29 is 13.2 Å². The molecule has 1 fully saturated rings. The van der Waals surface area contributed by atoms with Gasteiger partial charge in [0.15, 0.2) is 5.78 Å². The molecule has 20 heavy (non-hydrogen) atoms. The number of nitrogens with zero attached hydrogens (tertiary/aromatic N) is 1. The molecule has 0 saturated heterocycles. The van der Waals surface area contributed by atoms with Gasteiger partial charge in [0.25, 0.3) is 0 Å². The fourth-order valence-corrected chi connectivity index (χ4v) is 2.89. The fraction of sp³-hybridized carbons (Fsp3) is 0.500. The molecule has 110 valence electrons. The van der Waals surface area contributed by atoms with Crippen LogP contribution >= 0.6 is 0 Å². The zero-order valence-corrected chi connectivity index (χ0v) is 12.6. The highest BCUT2D eigenvalue weighted by Crippen LogP contribution is 2.32. The van der Waals surface area contributed by atoms with E-state index in [-0.39, 0.29) is 16.6 Å². The van der Waals surface area contributed by atoms with Gasteiger partial charge in [-0.1, -0.05) is 12.1 Å². The van der Waals surface area contributed by atoms with Crippen molar-refractivity contribution >= 4 is 15.8 Å². The Bertz CT molecular complexity index is 575. The molecule has 0 heterocycles. The average molecular weight is 296 g/mol. The van der Waals surface area contributed by atoms with E-state index in [0.717, 1.165) is 12.8 Å². The van der Waals surface area contributed by atoms with E-state index in [1.54, 1.807) is 12.1 Å². The summed E-state index contributed by atoms with van der Waals surface area (Å²) in [5, 5.41) is 0. The maximum atomic E-state index is 12.0. The van der Waals surface area contributed by atoms with Crippen LogP contribution in [0.3, 0.4) is 0 Å². The first-order valence-electron chi connectivity index (χ1n) is 6.69. The number of rotatable bonds is 7. The Morgan fingerprint density at radius 1 is 1.25 bits per heavy atom. The van der Waals surface area contributed by atoms with E-state index in [9.17, 15) is 13.2 Å². The summed E-state index contributed by atoms with van der Waals surface area (Å²) >= 11 is 0. The summed E-state index contributed by atoms with van der Waals surface area (Å²) in [6.07, 6.45) is 1.90. The summed E-state index contributed by atoms with van der Waals surface area (Å²) in [5.41, 5.74) is 0.597. The van der Waals surface area contributed by atoms with E-state index in [1.807, 2.05) is 19.0 Å². The molecular weight excluding hydrogens is 276 g/mol. The van der Waals surface area contributed by atoms with Crippen LogP contribution in [0.15, 0.2) is 29.2 Å². The molecule has 1 aromatic carbocycles. The van der Waals surface area contributed by atoms with E-state index < -0.39 is 10.0 Å². The molecule has 0 radical (unpaired) electrons. The number of sulfonamides is 1. The van der Waals surface area contributed by atoms with Crippen molar-refractivity contribution in [2.75, 3.05) is 27.2 Å². The van der Waals surface area contributed by atoms with E-state index >= 15 is 0 Å². The normalized spacial score (nSPS) is 15.6. The summed E-state index contributed by atoms with van der Waals surface area (Å²) in [7, 11) is 0.272. The first kappa shape index (κ1) is 15.2. The number of nitrogens with one attached hydrogen (secondary N) is 1. The van der Waals surface area contributed by atoms with Gasteiger partial charge in [0.05, 0.1) is 4.90 Å². The van der Waals surface area contributed by atoms with E-state index in [4.69, 9.17) is 0 Å². The van der Waals surface area contributed by atoms with Gasteiger partial charge in [0.1, 0.15) is 0 Å². The smallest absolute Gasteiger partial charge is 0.240 e. The molecule has 0 spiro atoms. The summed E-state index contributed by atoms with van der Waals surface area (Å²) in [6.45, 7) is 0.996. The second-order valence-corrected chi connectivity index (χ2v) is 7.13. The first-order chi connectivity index (χ1) is 9.40. The second kappa shape index (κ2) is 6.03. The molecule has 0 atom stereocenters. The summed E-state index contributed by atoms with van der Waals surface area (Å²) in [5.74, 6) is 0.269. The molecule has 0 aliphatic heterocycles. The van der Waals surface area contributed by atoms with Crippen molar-refractivity contribution in [3.63, 3.8) is 0 Å². The van der Waals surface area contributed by atoms with Crippen LogP contribution < -0.4 is 4.72 Å². The summed E-state index contributed by atoms with van der Waals surface area (Å²) in [6, 6.07) is 6.18. The average Bonchev–Trinajstić information content (AvgIpc) is 3.21. The third kappa shape index (κ3) is 3.88. The van der Waals surface area contributed by atoms with Crippen molar-refractivity contribution in [1.29, 1.82) is 0 Å². The van der Waals surface area contributed by atoms with Gasteiger partial charge in [-0.05, 0) is 39.1 Å². The van der Waals surface area contributed by atoms with Crippen molar-refractivity contribution in [1.82, 2.24) is 9.62 Å². The lowest BCUT2D eigenvalue weighted by molar-refractivity contribution is 0.0967. The lowest BCUT2D eigenvalue weighted by Gasteiger charge is -2.11. The Morgan fingerprint density at radius 2 is 1.85 bits per heavy atom. The number of carbonyl (C=O) groups is 1. The van der Waals surface area contributed by atoms with Crippen molar-refractivity contribution in [3.05, 3.63) is 29.8 Å². The Kier molecular flexibility index (Phi) is 4.57. The largest absolute Gasteiger partial charge is 0.308 e. The Labute approximate surface area is 120 Å². The zero-order chi connectivity index (χ0) is 14.8. The van der Waals surface area contributed by atoms with Crippen LogP contribution in [0.2, 0.25) is 0 Å². The number of ketones is 1. The van der Waals surface area contributed by atoms with E-state index in [2.05, 4.69) is 4.72 Å². The van der Waals surface area contributed by atoms with Crippen LogP contribution in [0.5, 0.6) is 0 Å². The Balaban J connectivity index is 2.02. The molecule has 5 nitrogen and oxygen atoms in total. The van der Waals surface area contributed by atoms with Crippen LogP contribution in [0, 0.1) is 5.92 Å². The number of benzene rings is 1. The molecule has 1 N–H and O–H groups in total. The van der Waals surface area contributed by atoms with Crippen molar-refractivity contribution in [2.24, 2.45) is 5.92 Å². The van der Waals surface area contributed by atoms with Gasteiger partial charge in [-0.25, -0.2) is 13.1 Å². The molecule has 0 unspecified atom stereocenters. The molecule has 0 bridgehead atoms. The lowest BCUT2D eigenvalue weighted by Crippen LogP contribution is -2.31. The highest BCUT2D eigenvalue weighted by molar-refractivity contribution is 7.89. The minimum absolute atomic E-state index is 0.120. The molecule has 1 aromatic rings. The van der Waals surface area contributed by atoms with Gasteiger partial charge in [-0.15, -0.1) is 0 Å². The highest BCUT2D eigenvalue weighted by atomic mass is 32.2. The van der Waals surface area contributed by atoms with Crippen molar-refractivity contribution in [3.8, 4) is 0 Å². The second-order valence-electron chi connectivity index (χ2n) is 5.36. The minimum atomic E-state index is -3.49. The molecule has 1 aliphatic rings. The van der Waals surface area contributed by atoms with Crippen LogP contribution in [-0.4, -0.2) is 46.3 Å². The maximum absolute atomic E-state index is 12.0. The molecular formula is C14H20N2O3S. The summed E-state index contributed by atoms with van der Waals surface area (Å²) in [4.78, 5) is 13.9. The van der Waals surface area contributed by atoms with Crippen LogP contribution in [0.25, 0.3) is 0 Å². The summed E-state index contributed by atoms with van der Waals surface area (Å²) < 4.78 is 26.6. The van der Waals surface area contributed by atoms with Gasteiger partial charge in [-0.3, -0.25) is 4.79 Å². The SMILES string of the molecule is CN(C)CCNS(=O)(=O)c1ccc(C(=O)C2CC2)cc1. The van der Waals surface area contributed by atoms with Crippen LogP contribution in [0.1, 0.15) is 23.2 Å². The first-order valence-corrected chi connectivity index (χ1v) is 8.17. The predicted octanol–water partition coefficient (Wildman–Crippen LogP) is 1.12. The van der Waals surface area contributed by atoms with Crippen molar-refractivity contribution in [2.45, 2.75) is 17.7 Å². The molecule has 1 aliphatic carbocycles. The number of hydrogen-bond donors (Lipinski definition) is 1. The minimum Gasteiger partial charge on any atom is -0.308 e. The monoisotopic (exact) mass is 296 g/mol. The van der Waals surface area contributed by atoms with Crippen LogP contribution in [-0.2, 0) is 10.0 Å². The third-order valence-corrected chi connectivity index (χ3v) is 4.73. The number of Topliss-reactive ketones (excluding diaryl/α,β-unsaturated/α-hetero) is 1. The Hall–Kier alpha value is -1.24. The quantitative estimate of drug-likeness (QED) is 0.766. The highest BCUT2D eigenvalue weighted by Gasteiger charge is 2.30. The predicted molar refractivity (Wildman–Crippen MR) is 77.2 cm³/mol. The van der Waals surface area contributed by atoms with Crippen LogP contribution in [0.4, 0.5) is 0 Å². The van der Waals surface area contributed by atoms with E-state index in [1.165, 1.54) is 12.1 Å². The van der Waals surface area contributed by atoms with E-state index in [0.29, 0.717) is 18.7 Å². The van der Waals surface area contributed by atoms with Gasteiger partial charge >= 0.3 is 0 Å². The zero-order valence-electron chi connectivity index (χ0n) is 11.8. The van der Waals surface area contributed by atoms with Gasteiger partial charge in [-0.2, -0.15) is 0 Å². The maximum Gasteiger partial charge on any atom is 0.240 e. The molecule has 2 rings (SSSR count). The van der Waals surface area contributed by atoms with Gasteiger partial charge < -0.3 is 4.90 Å². The molecule has 6 heteroatoms. The number of carbonyl (C=O) groups excluding carboxylic acids is 1. The molecule has 0 amide bonds. The molecule has 0 aromatic heterocycles. The number of likely N-dealkylation sites (N-methyl/N-ethyl adjacent to an activating group) is 1. The standard InChI is InChI=1S/C14H20N2O3S/c1-16(2)10-9-15-20(18,19)13-7-5-12(6-8-13)14(17)11-3-4-11/h5-8,11,15H,3-4,9-10H2,1-2H3. The topological polar surface area (TPSA) is 66.5 Å². The van der Waals surface area contributed by atoms with Gasteiger partial charge in [0.2, 0.25) is 10.0 Å².